The Hall–Kier alpha value is -3.19. The van der Waals surface area contributed by atoms with Crippen LogP contribution in [0, 0.1) is 0 Å². The highest BCUT2D eigenvalue weighted by molar-refractivity contribution is 5.87. The summed E-state index contributed by atoms with van der Waals surface area (Å²) in [5.74, 6) is 2.08. The van der Waals surface area contributed by atoms with Crippen LogP contribution in [0.25, 0.3) is 16.6 Å². The Morgan fingerprint density at radius 3 is 2.49 bits per heavy atom. The van der Waals surface area contributed by atoms with Crippen LogP contribution in [0.15, 0.2) is 48.5 Å². The summed E-state index contributed by atoms with van der Waals surface area (Å²) >= 11 is 0. The first-order chi connectivity index (χ1) is 18.1. The highest BCUT2D eigenvalue weighted by Crippen LogP contribution is 2.33. The average molecular weight is 506 g/mol. The zero-order chi connectivity index (χ0) is 25.6. The van der Waals surface area contributed by atoms with Gasteiger partial charge in [0.25, 0.3) is 0 Å². The van der Waals surface area contributed by atoms with E-state index in [1.807, 2.05) is 53.1 Å². The molecule has 1 saturated heterocycles. The summed E-state index contributed by atoms with van der Waals surface area (Å²) in [5, 5.41) is 3.99. The zero-order valence-electron chi connectivity index (χ0n) is 22.1. The van der Waals surface area contributed by atoms with Crippen LogP contribution in [0.4, 0.5) is 4.79 Å². The van der Waals surface area contributed by atoms with Crippen LogP contribution < -0.4 is 19.5 Å². The fourth-order valence-corrected chi connectivity index (χ4v) is 5.65. The first kappa shape index (κ1) is 25.5. The monoisotopic (exact) mass is 505 g/mol. The second-order valence-corrected chi connectivity index (χ2v) is 10.3. The standard InChI is InChI=1S/C30H39N3O4/c1-22-8-6-17-32(22)18-7-19-36-26-13-11-25(12-14-26)33-28-16-15-27(35-2)20-23(28)21-29(33)37-30(34)31-24-9-4-3-5-10-24/h11-16,20-22,24H,3-10,17-19H2,1-2H3,(H,31,34)/t22-/m1/s1. The van der Waals surface area contributed by atoms with E-state index in [-0.39, 0.29) is 6.04 Å². The lowest BCUT2D eigenvalue weighted by atomic mass is 9.96. The van der Waals surface area contributed by atoms with E-state index in [2.05, 4.69) is 17.1 Å². The van der Waals surface area contributed by atoms with Gasteiger partial charge >= 0.3 is 6.09 Å². The van der Waals surface area contributed by atoms with Crippen molar-refractivity contribution >= 4 is 17.0 Å². The Labute approximate surface area is 219 Å². The Morgan fingerprint density at radius 2 is 1.76 bits per heavy atom. The minimum atomic E-state index is -0.407. The minimum absolute atomic E-state index is 0.185. The molecule has 5 rings (SSSR count). The van der Waals surface area contributed by atoms with Gasteiger partial charge in [0.15, 0.2) is 0 Å². The van der Waals surface area contributed by atoms with E-state index in [1.54, 1.807) is 7.11 Å². The molecule has 1 amide bonds. The third-order valence-corrected chi connectivity index (χ3v) is 7.74. The van der Waals surface area contributed by atoms with Crippen LogP contribution in [0.5, 0.6) is 17.4 Å². The number of fused-ring (bicyclic) bond motifs is 1. The van der Waals surface area contributed by atoms with E-state index in [0.29, 0.717) is 18.5 Å². The predicted octanol–water partition coefficient (Wildman–Crippen LogP) is 6.31. The second-order valence-electron chi connectivity index (χ2n) is 10.3. The molecule has 0 bridgehead atoms. The predicted molar refractivity (Wildman–Crippen MR) is 146 cm³/mol. The topological polar surface area (TPSA) is 65.0 Å². The van der Waals surface area contributed by atoms with Gasteiger partial charge in [0.2, 0.25) is 5.88 Å². The number of nitrogens with one attached hydrogen (secondary N) is 1. The average Bonchev–Trinajstić information content (AvgIpc) is 3.49. The first-order valence-electron chi connectivity index (χ1n) is 13.8. The van der Waals surface area contributed by atoms with Crippen molar-refractivity contribution in [3.8, 4) is 23.1 Å². The van der Waals surface area contributed by atoms with Crippen molar-refractivity contribution in [3.63, 3.8) is 0 Å². The molecule has 37 heavy (non-hydrogen) atoms. The number of ether oxygens (including phenoxy) is 3. The lowest BCUT2D eigenvalue weighted by Crippen LogP contribution is -2.38. The molecule has 7 heteroatoms. The van der Waals surface area contributed by atoms with Crippen LogP contribution in [0.3, 0.4) is 0 Å². The van der Waals surface area contributed by atoms with Crippen LogP contribution in [0.1, 0.15) is 58.3 Å². The summed E-state index contributed by atoms with van der Waals surface area (Å²) in [5.41, 5.74) is 1.84. The van der Waals surface area contributed by atoms with Gasteiger partial charge in [-0.1, -0.05) is 19.3 Å². The fraction of sp³-hybridized carbons (Fsp3) is 0.500. The van der Waals surface area contributed by atoms with Gasteiger partial charge in [-0.2, -0.15) is 0 Å². The van der Waals surface area contributed by atoms with Crippen molar-refractivity contribution in [2.45, 2.75) is 70.4 Å². The number of hydrogen-bond donors (Lipinski definition) is 1. The van der Waals surface area contributed by atoms with Crippen LogP contribution in [-0.2, 0) is 0 Å². The molecule has 198 valence electrons. The van der Waals surface area contributed by atoms with Gasteiger partial charge in [-0.15, -0.1) is 0 Å². The highest BCUT2D eigenvalue weighted by Gasteiger charge is 2.21. The van der Waals surface area contributed by atoms with E-state index in [4.69, 9.17) is 14.2 Å². The van der Waals surface area contributed by atoms with Crippen LogP contribution in [0.2, 0.25) is 0 Å². The minimum Gasteiger partial charge on any atom is -0.497 e. The quantitative estimate of drug-likeness (QED) is 0.345. The summed E-state index contributed by atoms with van der Waals surface area (Å²) in [6.45, 7) is 5.30. The summed E-state index contributed by atoms with van der Waals surface area (Å²) < 4.78 is 19.3. The van der Waals surface area contributed by atoms with Crippen molar-refractivity contribution in [2.24, 2.45) is 0 Å². The van der Waals surface area contributed by atoms with Crippen molar-refractivity contribution in [1.29, 1.82) is 0 Å². The number of hydrogen-bond acceptors (Lipinski definition) is 5. The summed E-state index contributed by atoms with van der Waals surface area (Å²) in [6.07, 6.45) is 8.77. The number of carbonyl (C=O) groups excluding carboxylic acids is 1. The molecule has 2 aliphatic rings. The molecule has 0 unspecified atom stereocenters. The Bertz CT molecular complexity index is 1180. The molecule has 7 nitrogen and oxygen atoms in total. The van der Waals surface area contributed by atoms with E-state index in [1.165, 1.54) is 25.8 Å². The Morgan fingerprint density at radius 1 is 0.973 bits per heavy atom. The largest absolute Gasteiger partial charge is 0.497 e. The van der Waals surface area contributed by atoms with E-state index >= 15 is 0 Å². The van der Waals surface area contributed by atoms with Crippen molar-refractivity contribution in [2.75, 3.05) is 26.8 Å². The molecule has 1 aromatic heterocycles. The number of likely N-dealkylation sites (tertiary alicyclic amines) is 1. The summed E-state index contributed by atoms with van der Waals surface area (Å²) in [4.78, 5) is 15.3. The fourth-order valence-electron chi connectivity index (χ4n) is 5.65. The third-order valence-electron chi connectivity index (χ3n) is 7.74. The van der Waals surface area contributed by atoms with Crippen molar-refractivity contribution < 1.29 is 19.0 Å². The SMILES string of the molecule is COc1ccc2c(c1)cc(OC(=O)NC1CCCCC1)n2-c1ccc(OCCCN2CCC[C@H]2C)cc1. The maximum atomic E-state index is 12.8. The van der Waals surface area contributed by atoms with Gasteiger partial charge in [-0.05, 0) is 88.0 Å². The number of carbonyl (C=O) groups is 1. The molecular formula is C30H39N3O4. The van der Waals surface area contributed by atoms with Gasteiger partial charge in [-0.3, -0.25) is 4.57 Å². The molecule has 3 aromatic rings. The number of nitrogens with zero attached hydrogens (tertiary/aromatic N) is 2. The number of amides is 1. The lowest BCUT2D eigenvalue weighted by Gasteiger charge is -2.22. The Kier molecular flexibility index (Phi) is 8.19. The molecule has 1 aliphatic heterocycles. The van der Waals surface area contributed by atoms with Crippen LogP contribution in [-0.4, -0.2) is 54.5 Å². The number of methoxy groups -OCH3 is 1. The Balaban J connectivity index is 1.29. The zero-order valence-corrected chi connectivity index (χ0v) is 22.1. The molecule has 2 aromatic carbocycles. The summed E-state index contributed by atoms with van der Waals surface area (Å²) in [6, 6.07) is 16.6. The molecule has 0 radical (unpaired) electrons. The molecule has 2 fully saturated rings. The van der Waals surface area contributed by atoms with E-state index in [0.717, 1.165) is 66.7 Å². The maximum Gasteiger partial charge on any atom is 0.414 e. The van der Waals surface area contributed by atoms with Crippen molar-refractivity contribution in [1.82, 2.24) is 14.8 Å². The first-order valence-corrected chi connectivity index (χ1v) is 13.8. The van der Waals surface area contributed by atoms with Crippen molar-refractivity contribution in [3.05, 3.63) is 48.5 Å². The number of benzene rings is 2. The highest BCUT2D eigenvalue weighted by atomic mass is 16.6. The maximum absolute atomic E-state index is 12.8. The van der Waals surface area contributed by atoms with Gasteiger partial charge in [-0.25, -0.2) is 4.79 Å². The van der Waals surface area contributed by atoms with E-state index < -0.39 is 6.09 Å². The smallest absolute Gasteiger partial charge is 0.414 e. The molecule has 1 saturated carbocycles. The lowest BCUT2D eigenvalue weighted by molar-refractivity contribution is 0.189. The van der Waals surface area contributed by atoms with Gasteiger partial charge in [0.1, 0.15) is 11.5 Å². The molecular weight excluding hydrogens is 466 g/mol. The molecule has 1 atom stereocenters. The van der Waals surface area contributed by atoms with E-state index in [9.17, 15) is 4.79 Å². The van der Waals surface area contributed by atoms with Gasteiger partial charge in [0, 0.05) is 35.8 Å². The molecule has 2 heterocycles. The third kappa shape index (κ3) is 6.21. The normalized spacial score (nSPS) is 18.7. The van der Waals surface area contributed by atoms with Crippen LogP contribution >= 0.6 is 0 Å². The number of rotatable bonds is 9. The molecule has 1 N–H and O–H groups in total. The molecule has 0 spiro atoms. The molecule has 1 aliphatic carbocycles. The number of aromatic nitrogens is 1. The summed E-state index contributed by atoms with van der Waals surface area (Å²) in [7, 11) is 1.65. The second kappa shape index (κ2) is 11.9. The van der Waals surface area contributed by atoms with Gasteiger partial charge < -0.3 is 24.4 Å². The van der Waals surface area contributed by atoms with Gasteiger partial charge in [0.05, 0.1) is 19.2 Å².